The van der Waals surface area contributed by atoms with Gasteiger partial charge in [-0.15, -0.1) is 0 Å². The maximum Gasteiger partial charge on any atom is 0.0995 e. The Hall–Kier alpha value is -1.37. The SMILES string of the molecule is CC(C)C(CNCc1ccccc1C#N)N1CCCC1. The number of nitrogens with one attached hydrogen (secondary N) is 1. The molecule has 0 aliphatic carbocycles. The molecule has 0 radical (unpaired) electrons. The van der Waals surface area contributed by atoms with Crippen molar-refractivity contribution in [2.75, 3.05) is 19.6 Å². The molecule has 0 saturated carbocycles. The lowest BCUT2D eigenvalue weighted by molar-refractivity contribution is 0.186. The molecule has 0 amide bonds. The van der Waals surface area contributed by atoms with Crippen molar-refractivity contribution < 1.29 is 0 Å². The van der Waals surface area contributed by atoms with Crippen LogP contribution in [0.3, 0.4) is 0 Å². The molecule has 3 nitrogen and oxygen atoms in total. The van der Waals surface area contributed by atoms with E-state index in [1.165, 1.54) is 25.9 Å². The first-order valence-corrected chi connectivity index (χ1v) is 7.65. The zero-order valence-corrected chi connectivity index (χ0v) is 12.6. The molecule has 1 aromatic rings. The minimum absolute atomic E-state index is 0.603. The molecule has 1 unspecified atom stereocenters. The van der Waals surface area contributed by atoms with Crippen molar-refractivity contribution in [2.24, 2.45) is 5.92 Å². The van der Waals surface area contributed by atoms with Crippen molar-refractivity contribution >= 4 is 0 Å². The van der Waals surface area contributed by atoms with E-state index in [1.807, 2.05) is 24.3 Å². The smallest absolute Gasteiger partial charge is 0.0995 e. The monoisotopic (exact) mass is 271 g/mol. The average molecular weight is 271 g/mol. The van der Waals surface area contributed by atoms with Crippen molar-refractivity contribution in [1.82, 2.24) is 10.2 Å². The summed E-state index contributed by atoms with van der Waals surface area (Å²) >= 11 is 0. The number of nitrogens with zero attached hydrogens (tertiary/aromatic N) is 2. The summed E-state index contributed by atoms with van der Waals surface area (Å²) in [6.45, 7) is 8.85. The predicted octanol–water partition coefficient (Wildman–Crippen LogP) is 2.77. The van der Waals surface area contributed by atoms with E-state index >= 15 is 0 Å². The van der Waals surface area contributed by atoms with Crippen molar-refractivity contribution in [3.63, 3.8) is 0 Å². The fraction of sp³-hybridized carbons (Fsp3) is 0.588. The second-order valence-electron chi connectivity index (χ2n) is 5.95. The van der Waals surface area contributed by atoms with Crippen molar-refractivity contribution in [1.29, 1.82) is 5.26 Å². The maximum atomic E-state index is 9.10. The van der Waals surface area contributed by atoms with Crippen LogP contribution in [0.1, 0.15) is 37.8 Å². The molecule has 1 aliphatic heterocycles. The summed E-state index contributed by atoms with van der Waals surface area (Å²) in [6, 6.07) is 10.7. The highest BCUT2D eigenvalue weighted by atomic mass is 15.2. The fourth-order valence-corrected chi connectivity index (χ4v) is 3.00. The Morgan fingerprint density at radius 1 is 1.25 bits per heavy atom. The predicted molar refractivity (Wildman–Crippen MR) is 82.3 cm³/mol. The summed E-state index contributed by atoms with van der Waals surface area (Å²) in [4.78, 5) is 2.61. The van der Waals surface area contributed by atoms with E-state index in [2.05, 4.69) is 30.1 Å². The van der Waals surface area contributed by atoms with Crippen LogP contribution in [-0.4, -0.2) is 30.6 Å². The van der Waals surface area contributed by atoms with Crippen molar-refractivity contribution in [2.45, 2.75) is 39.3 Å². The highest BCUT2D eigenvalue weighted by Crippen LogP contribution is 2.17. The Balaban J connectivity index is 1.88. The molecule has 2 rings (SSSR count). The van der Waals surface area contributed by atoms with Gasteiger partial charge in [-0.05, 0) is 43.5 Å². The molecule has 1 aliphatic rings. The van der Waals surface area contributed by atoms with Crippen LogP contribution < -0.4 is 5.32 Å². The Bertz CT molecular complexity index is 456. The lowest BCUT2D eigenvalue weighted by atomic mass is 10.0. The van der Waals surface area contributed by atoms with Gasteiger partial charge in [-0.25, -0.2) is 0 Å². The molecule has 1 saturated heterocycles. The van der Waals surface area contributed by atoms with E-state index in [9.17, 15) is 0 Å². The van der Waals surface area contributed by atoms with Crippen LogP contribution in [0.5, 0.6) is 0 Å². The Morgan fingerprint density at radius 2 is 1.95 bits per heavy atom. The topological polar surface area (TPSA) is 39.1 Å². The van der Waals surface area contributed by atoms with Gasteiger partial charge < -0.3 is 5.32 Å². The number of benzene rings is 1. The standard InChI is InChI=1S/C17H25N3/c1-14(2)17(20-9-5-6-10-20)13-19-12-16-8-4-3-7-15(16)11-18/h3-4,7-8,14,17,19H,5-6,9-10,12-13H2,1-2H3. The number of likely N-dealkylation sites (tertiary alicyclic amines) is 1. The third-order valence-corrected chi connectivity index (χ3v) is 4.19. The van der Waals surface area contributed by atoms with Crippen LogP contribution in [-0.2, 0) is 6.54 Å². The second-order valence-corrected chi connectivity index (χ2v) is 5.95. The molecule has 1 atom stereocenters. The van der Waals surface area contributed by atoms with Crippen molar-refractivity contribution in [3.8, 4) is 6.07 Å². The molecule has 20 heavy (non-hydrogen) atoms. The number of rotatable bonds is 6. The van der Waals surface area contributed by atoms with Crippen molar-refractivity contribution in [3.05, 3.63) is 35.4 Å². The third kappa shape index (κ3) is 3.82. The number of nitriles is 1. The first-order chi connectivity index (χ1) is 9.72. The zero-order chi connectivity index (χ0) is 14.4. The van der Waals surface area contributed by atoms with E-state index in [4.69, 9.17) is 5.26 Å². The molecular weight excluding hydrogens is 246 g/mol. The maximum absolute atomic E-state index is 9.10. The van der Waals surface area contributed by atoms with Gasteiger partial charge in [0, 0.05) is 19.1 Å². The van der Waals surface area contributed by atoms with Gasteiger partial charge in [-0.1, -0.05) is 32.0 Å². The lowest BCUT2D eigenvalue weighted by Crippen LogP contribution is -2.44. The zero-order valence-electron chi connectivity index (χ0n) is 12.6. The molecule has 1 aromatic carbocycles. The Kier molecular flexibility index (Phi) is 5.58. The quantitative estimate of drug-likeness (QED) is 0.864. The highest BCUT2D eigenvalue weighted by Gasteiger charge is 2.23. The summed E-state index contributed by atoms with van der Waals surface area (Å²) in [5, 5.41) is 12.6. The van der Waals surface area contributed by atoms with Gasteiger partial charge in [0.25, 0.3) is 0 Å². The van der Waals surface area contributed by atoms with E-state index in [0.29, 0.717) is 12.0 Å². The summed E-state index contributed by atoms with van der Waals surface area (Å²) in [6.07, 6.45) is 2.67. The highest BCUT2D eigenvalue weighted by molar-refractivity contribution is 5.37. The molecule has 3 heteroatoms. The molecule has 1 fully saturated rings. The molecule has 1 N–H and O–H groups in total. The minimum atomic E-state index is 0.603. The van der Waals surface area contributed by atoms with Crippen LogP contribution in [0.25, 0.3) is 0 Å². The molecule has 1 heterocycles. The van der Waals surface area contributed by atoms with E-state index in [-0.39, 0.29) is 0 Å². The van der Waals surface area contributed by atoms with E-state index in [0.717, 1.165) is 24.2 Å². The minimum Gasteiger partial charge on any atom is -0.311 e. The summed E-state index contributed by atoms with van der Waals surface area (Å²) in [5.74, 6) is 0.659. The van der Waals surface area contributed by atoms with Crippen LogP contribution in [0.2, 0.25) is 0 Å². The molecule has 0 spiro atoms. The van der Waals surface area contributed by atoms with Gasteiger partial charge in [-0.3, -0.25) is 4.90 Å². The van der Waals surface area contributed by atoms with E-state index in [1.54, 1.807) is 0 Å². The normalized spacial score (nSPS) is 17.3. The molecule has 0 aromatic heterocycles. The largest absolute Gasteiger partial charge is 0.311 e. The lowest BCUT2D eigenvalue weighted by Gasteiger charge is -2.31. The first-order valence-electron chi connectivity index (χ1n) is 7.65. The number of hydrogen-bond acceptors (Lipinski definition) is 3. The van der Waals surface area contributed by atoms with Gasteiger partial charge in [0.2, 0.25) is 0 Å². The molecule has 108 valence electrons. The van der Waals surface area contributed by atoms with Gasteiger partial charge >= 0.3 is 0 Å². The van der Waals surface area contributed by atoms with Crippen LogP contribution >= 0.6 is 0 Å². The summed E-state index contributed by atoms with van der Waals surface area (Å²) in [5.41, 5.74) is 1.88. The Labute approximate surface area is 122 Å². The van der Waals surface area contributed by atoms with Crippen LogP contribution in [0, 0.1) is 17.2 Å². The third-order valence-electron chi connectivity index (χ3n) is 4.19. The van der Waals surface area contributed by atoms with Gasteiger partial charge in [0.05, 0.1) is 11.6 Å². The fourth-order valence-electron chi connectivity index (χ4n) is 3.00. The molecule has 0 bridgehead atoms. The average Bonchev–Trinajstić information content (AvgIpc) is 2.97. The summed E-state index contributed by atoms with van der Waals surface area (Å²) < 4.78 is 0. The Morgan fingerprint density at radius 3 is 2.60 bits per heavy atom. The second kappa shape index (κ2) is 7.42. The summed E-state index contributed by atoms with van der Waals surface area (Å²) in [7, 11) is 0. The van der Waals surface area contributed by atoms with Gasteiger partial charge in [0.15, 0.2) is 0 Å². The van der Waals surface area contributed by atoms with E-state index < -0.39 is 0 Å². The number of hydrogen-bond donors (Lipinski definition) is 1. The van der Waals surface area contributed by atoms with Crippen LogP contribution in [0.4, 0.5) is 0 Å². The molecular formula is C17H25N3. The van der Waals surface area contributed by atoms with Crippen LogP contribution in [0.15, 0.2) is 24.3 Å². The van der Waals surface area contributed by atoms with Gasteiger partial charge in [0.1, 0.15) is 0 Å². The van der Waals surface area contributed by atoms with Gasteiger partial charge in [-0.2, -0.15) is 5.26 Å². The first kappa shape index (κ1) is 15.0.